The molecule has 59 heavy (non-hydrogen) atoms. The van der Waals surface area contributed by atoms with Gasteiger partial charge in [-0.2, -0.15) is 12.1 Å². The van der Waals surface area contributed by atoms with E-state index in [2.05, 4.69) is 206 Å². The van der Waals surface area contributed by atoms with E-state index in [-0.39, 0.29) is 26.5 Å². The summed E-state index contributed by atoms with van der Waals surface area (Å²) in [5, 5.41) is 2.24. The number of aromatic nitrogens is 2. The van der Waals surface area contributed by atoms with Crippen LogP contribution in [0.1, 0.15) is 48.6 Å². The van der Waals surface area contributed by atoms with E-state index in [1.807, 2.05) is 12.3 Å². The first-order valence-electron chi connectivity index (χ1n) is 19.9. The number of rotatable bonds is 4. The van der Waals surface area contributed by atoms with Gasteiger partial charge in [0.15, 0.2) is 0 Å². The van der Waals surface area contributed by atoms with Gasteiger partial charge >= 0.3 is 0 Å². The minimum Gasteiger partial charge on any atom is -0.509 e. The molecule has 0 radical (unpaired) electrons. The van der Waals surface area contributed by atoms with Gasteiger partial charge in [-0.3, -0.25) is 0 Å². The number of anilines is 4. The van der Waals surface area contributed by atoms with Crippen molar-refractivity contribution >= 4 is 44.6 Å². The largest absolute Gasteiger partial charge is 0.509 e. The Balaban J connectivity index is 0.00000397. The van der Waals surface area contributed by atoms with E-state index in [0.29, 0.717) is 11.5 Å². The van der Waals surface area contributed by atoms with E-state index < -0.39 is 5.41 Å². The summed E-state index contributed by atoms with van der Waals surface area (Å²) >= 11 is 0. The number of hydrogen-bond donors (Lipinski definition) is 0. The second kappa shape index (κ2) is 13.0. The van der Waals surface area contributed by atoms with Crippen molar-refractivity contribution in [2.75, 3.05) is 9.80 Å². The fourth-order valence-corrected chi connectivity index (χ4v) is 9.75. The fraction of sp³-hybridized carbons (Fsp3) is 0.0943. The topological polar surface area (TPSA) is 33.5 Å². The average Bonchev–Trinajstić information content (AvgIpc) is 3.90. The molecule has 0 unspecified atom stereocenters. The van der Waals surface area contributed by atoms with Gasteiger partial charge < -0.3 is 19.1 Å². The quantitative estimate of drug-likeness (QED) is 0.165. The standard InChI is InChI=1S/C53H37N4O.Pt/c1-52(2,3)34-28-29-54-50(30-34)57-46-22-12-9-18-40(46)41-26-24-36(31-48(41)57)58-37-25-27-44-49(32-37)56-33-55(35-14-5-4-6-15-35)47-23-13-21-45(51(47)56)53(44)42-19-10-7-16-38(42)39-17-8-11-20-43(39)53;/h4-30,33H,1-3H3;/q-3;. The van der Waals surface area contributed by atoms with E-state index in [1.165, 1.54) is 33.4 Å². The summed E-state index contributed by atoms with van der Waals surface area (Å²) < 4.78 is 9.02. The molecule has 7 aromatic carbocycles. The molecule has 288 valence electrons. The number of fused-ring (bicyclic) bond motifs is 12. The molecule has 3 aliphatic rings. The van der Waals surface area contributed by atoms with Gasteiger partial charge in [0.05, 0.1) is 0 Å². The Morgan fingerprint density at radius 2 is 1.29 bits per heavy atom. The first-order chi connectivity index (χ1) is 28.4. The summed E-state index contributed by atoms with van der Waals surface area (Å²) in [6, 6.07) is 63.9. The minimum atomic E-state index is -0.555. The van der Waals surface area contributed by atoms with Crippen molar-refractivity contribution in [1.82, 2.24) is 9.55 Å². The normalized spacial score (nSPS) is 14.2. The second-order valence-electron chi connectivity index (χ2n) is 16.5. The van der Waals surface area contributed by atoms with Crippen LogP contribution in [0.4, 0.5) is 22.7 Å². The summed E-state index contributed by atoms with van der Waals surface area (Å²) in [5.41, 5.74) is 14.5. The summed E-state index contributed by atoms with van der Waals surface area (Å²) in [7, 11) is 0. The molecule has 0 amide bonds. The Labute approximate surface area is 358 Å². The van der Waals surface area contributed by atoms with Gasteiger partial charge in [-0.1, -0.05) is 129 Å². The summed E-state index contributed by atoms with van der Waals surface area (Å²) in [6.07, 6.45) is 1.91. The molecule has 6 heteroatoms. The van der Waals surface area contributed by atoms with Crippen LogP contribution in [-0.2, 0) is 31.9 Å². The molecule has 5 nitrogen and oxygen atoms in total. The van der Waals surface area contributed by atoms with Crippen LogP contribution >= 0.6 is 0 Å². The third kappa shape index (κ3) is 5.04. The van der Waals surface area contributed by atoms with E-state index in [9.17, 15) is 0 Å². The van der Waals surface area contributed by atoms with Crippen LogP contribution in [0, 0.1) is 18.8 Å². The van der Waals surface area contributed by atoms with Crippen molar-refractivity contribution in [2.45, 2.75) is 31.6 Å². The molecule has 4 heterocycles. The number of pyridine rings is 1. The summed E-state index contributed by atoms with van der Waals surface area (Å²) in [5.74, 6) is 2.09. The first-order valence-corrected chi connectivity index (χ1v) is 19.9. The zero-order chi connectivity index (χ0) is 38.8. The molecule has 0 bridgehead atoms. The van der Waals surface area contributed by atoms with Crippen LogP contribution in [-0.4, -0.2) is 9.55 Å². The summed E-state index contributed by atoms with van der Waals surface area (Å²) in [4.78, 5) is 9.48. The van der Waals surface area contributed by atoms with E-state index in [4.69, 9.17) is 9.72 Å². The maximum atomic E-state index is 6.82. The molecule has 0 atom stereocenters. The van der Waals surface area contributed by atoms with E-state index in [0.717, 1.165) is 55.9 Å². The van der Waals surface area contributed by atoms with Crippen molar-refractivity contribution in [3.8, 4) is 28.4 Å². The van der Waals surface area contributed by atoms with E-state index in [1.54, 1.807) is 0 Å². The van der Waals surface area contributed by atoms with Crippen LogP contribution in [0.3, 0.4) is 0 Å². The molecular weight excluding hydrogens is 904 g/mol. The van der Waals surface area contributed by atoms with E-state index >= 15 is 0 Å². The minimum absolute atomic E-state index is 0. The van der Waals surface area contributed by atoms with Gasteiger partial charge in [0, 0.05) is 66.8 Å². The molecule has 1 spiro atoms. The van der Waals surface area contributed by atoms with Crippen LogP contribution in [0.2, 0.25) is 0 Å². The predicted molar refractivity (Wildman–Crippen MR) is 234 cm³/mol. The Morgan fingerprint density at radius 3 is 2.07 bits per heavy atom. The monoisotopic (exact) mass is 940 g/mol. The van der Waals surface area contributed by atoms with Gasteiger partial charge in [-0.25, -0.2) is 4.98 Å². The molecule has 0 N–H and O–H groups in total. The Bertz CT molecular complexity index is 3100. The SMILES string of the molecule is CC(C)(C)c1ccnc(-n2c3[c-]c(Oc4[c-]c5c(cc4)C4(c6ccccc6-c6ccccc64)c4cccc6c4N5[CH-]N6c4ccccc4)ccc3c3ccccc32)c1.[Pt]. The van der Waals surface area contributed by atoms with Crippen LogP contribution in [0.25, 0.3) is 38.8 Å². The van der Waals surface area contributed by atoms with Crippen molar-refractivity contribution in [3.05, 3.63) is 211 Å². The molecular formula is C53H37N4OPt-3. The molecule has 1 aliphatic carbocycles. The van der Waals surface area contributed by atoms with Crippen molar-refractivity contribution in [1.29, 1.82) is 0 Å². The van der Waals surface area contributed by atoms with Gasteiger partial charge in [-0.05, 0) is 80.6 Å². The molecule has 9 aromatic rings. The zero-order valence-electron chi connectivity index (χ0n) is 32.7. The average molecular weight is 941 g/mol. The maximum Gasteiger partial charge on any atom is 0.135 e. The van der Waals surface area contributed by atoms with Gasteiger partial charge in [0.25, 0.3) is 0 Å². The van der Waals surface area contributed by atoms with Gasteiger partial charge in [0.1, 0.15) is 5.82 Å². The Morgan fingerprint density at radius 1 is 0.610 bits per heavy atom. The maximum absolute atomic E-state index is 6.82. The zero-order valence-corrected chi connectivity index (χ0v) is 35.0. The number of ether oxygens (including phenoxy) is 1. The fourth-order valence-electron chi connectivity index (χ4n) is 9.75. The number of benzene rings is 7. The first kappa shape index (κ1) is 35.7. The molecule has 2 aromatic heterocycles. The van der Waals surface area contributed by atoms with Gasteiger partial charge in [-0.15, -0.1) is 41.9 Å². The molecule has 0 fully saturated rings. The number of para-hydroxylation sites is 3. The van der Waals surface area contributed by atoms with Crippen molar-refractivity contribution < 1.29 is 25.8 Å². The number of hydrogen-bond acceptors (Lipinski definition) is 4. The second-order valence-corrected chi connectivity index (χ2v) is 16.5. The Hall–Kier alpha value is -6.42. The third-order valence-electron chi connectivity index (χ3n) is 12.3. The third-order valence-corrected chi connectivity index (χ3v) is 12.3. The molecule has 0 saturated carbocycles. The van der Waals surface area contributed by atoms with Crippen LogP contribution in [0.15, 0.2) is 164 Å². The molecule has 0 saturated heterocycles. The summed E-state index contributed by atoms with van der Waals surface area (Å²) in [6.45, 7) is 8.90. The van der Waals surface area contributed by atoms with Gasteiger partial charge in [0.2, 0.25) is 0 Å². The number of nitrogens with zero attached hydrogens (tertiary/aromatic N) is 4. The van der Waals surface area contributed by atoms with Crippen LogP contribution < -0.4 is 14.5 Å². The molecule has 2 aliphatic heterocycles. The van der Waals surface area contributed by atoms with Crippen LogP contribution in [0.5, 0.6) is 11.5 Å². The van der Waals surface area contributed by atoms with Crippen molar-refractivity contribution in [3.63, 3.8) is 0 Å². The smallest absolute Gasteiger partial charge is 0.135 e. The van der Waals surface area contributed by atoms with Crippen molar-refractivity contribution in [2.24, 2.45) is 0 Å². The molecule has 12 rings (SSSR count). The Kier molecular flexibility index (Phi) is 7.90. The predicted octanol–water partition coefficient (Wildman–Crippen LogP) is 13.0.